The van der Waals surface area contributed by atoms with E-state index in [1.54, 1.807) is 12.1 Å². The first-order valence-electron chi connectivity index (χ1n) is 5.41. The maximum Gasteiger partial charge on any atom is 0.145 e. The molecule has 0 aromatic heterocycles. The number of aliphatic hydroxyl groups excluding tert-OH is 1. The van der Waals surface area contributed by atoms with E-state index in [1.807, 2.05) is 6.07 Å². The highest BCUT2D eigenvalue weighted by Crippen LogP contribution is 2.28. The highest BCUT2D eigenvalue weighted by Gasteiger charge is 2.08. The third-order valence-corrected chi connectivity index (χ3v) is 2.77. The molecule has 5 heteroatoms. The Labute approximate surface area is 114 Å². The maximum absolute atomic E-state index is 13.3. The number of hydrogen-bond donors (Lipinski definition) is 1. The summed E-state index contributed by atoms with van der Waals surface area (Å²) in [4.78, 5) is 0. The third kappa shape index (κ3) is 3.02. The lowest BCUT2D eigenvalue weighted by atomic mass is 10.1. The van der Waals surface area contributed by atoms with Crippen LogP contribution in [0.3, 0.4) is 0 Å². The largest absolute Gasteiger partial charge is 0.456 e. The molecule has 0 fully saturated rings. The Morgan fingerprint density at radius 1 is 1.26 bits per heavy atom. The van der Waals surface area contributed by atoms with Crippen molar-refractivity contribution in [1.29, 1.82) is 5.26 Å². The molecule has 2 rings (SSSR count). The van der Waals surface area contributed by atoms with Gasteiger partial charge in [0.25, 0.3) is 0 Å². The smallest absolute Gasteiger partial charge is 0.145 e. The first kappa shape index (κ1) is 13.3. The van der Waals surface area contributed by atoms with Crippen molar-refractivity contribution in [2.75, 3.05) is 0 Å². The highest BCUT2D eigenvalue weighted by atomic mass is 35.5. The zero-order valence-corrected chi connectivity index (χ0v) is 10.5. The van der Waals surface area contributed by atoms with Gasteiger partial charge in [0.15, 0.2) is 0 Å². The minimum atomic E-state index is -0.593. The van der Waals surface area contributed by atoms with Gasteiger partial charge in [0, 0.05) is 6.07 Å². The van der Waals surface area contributed by atoms with E-state index in [0.29, 0.717) is 11.3 Å². The molecular formula is C14H9ClFNO2. The molecule has 2 aromatic carbocycles. The average Bonchev–Trinajstić information content (AvgIpc) is 2.43. The fourth-order valence-electron chi connectivity index (χ4n) is 1.52. The number of hydrogen-bond acceptors (Lipinski definition) is 3. The molecule has 0 atom stereocenters. The standard InChI is InChI=1S/C14H9ClFNO2/c15-12-3-2-11(6-13(12)16)19-14-4-1-9(8-18)5-10(14)7-17/h1-6,18H,8H2. The average molecular weight is 278 g/mol. The topological polar surface area (TPSA) is 53.2 Å². The lowest BCUT2D eigenvalue weighted by molar-refractivity contribution is 0.281. The van der Waals surface area contributed by atoms with E-state index in [-0.39, 0.29) is 22.9 Å². The molecular weight excluding hydrogens is 269 g/mol. The van der Waals surface area contributed by atoms with Gasteiger partial charge in [-0.25, -0.2) is 4.39 Å². The number of ether oxygens (including phenoxy) is 1. The van der Waals surface area contributed by atoms with Gasteiger partial charge in [-0.1, -0.05) is 17.7 Å². The summed E-state index contributed by atoms with van der Waals surface area (Å²) in [7, 11) is 0. The first-order chi connectivity index (χ1) is 9.13. The van der Waals surface area contributed by atoms with E-state index < -0.39 is 5.82 Å². The van der Waals surface area contributed by atoms with Crippen molar-refractivity contribution in [1.82, 2.24) is 0 Å². The molecule has 0 saturated heterocycles. The van der Waals surface area contributed by atoms with Crippen LogP contribution >= 0.6 is 11.6 Å². The second kappa shape index (κ2) is 5.70. The number of nitrogens with zero attached hydrogens (tertiary/aromatic N) is 1. The quantitative estimate of drug-likeness (QED) is 0.932. The van der Waals surface area contributed by atoms with Crippen molar-refractivity contribution >= 4 is 11.6 Å². The predicted octanol–water partition coefficient (Wildman–Crippen LogP) is 3.64. The Morgan fingerprint density at radius 2 is 2.05 bits per heavy atom. The first-order valence-corrected chi connectivity index (χ1v) is 5.78. The second-order valence-corrected chi connectivity index (χ2v) is 4.19. The zero-order valence-electron chi connectivity index (χ0n) is 9.73. The van der Waals surface area contributed by atoms with Crippen molar-refractivity contribution in [3.63, 3.8) is 0 Å². The van der Waals surface area contributed by atoms with Crippen LogP contribution in [0.5, 0.6) is 11.5 Å². The SMILES string of the molecule is N#Cc1cc(CO)ccc1Oc1ccc(Cl)c(F)c1. The Balaban J connectivity index is 2.33. The van der Waals surface area contributed by atoms with Crippen LogP contribution in [0.15, 0.2) is 36.4 Å². The third-order valence-electron chi connectivity index (χ3n) is 2.47. The van der Waals surface area contributed by atoms with Crippen molar-refractivity contribution < 1.29 is 14.2 Å². The van der Waals surface area contributed by atoms with Crippen LogP contribution in [0.4, 0.5) is 4.39 Å². The van der Waals surface area contributed by atoms with Gasteiger partial charge in [0.05, 0.1) is 17.2 Å². The van der Waals surface area contributed by atoms with Crippen LogP contribution in [-0.2, 0) is 6.61 Å². The van der Waals surface area contributed by atoms with E-state index in [2.05, 4.69) is 0 Å². The molecule has 0 saturated carbocycles. The lowest BCUT2D eigenvalue weighted by Gasteiger charge is -2.08. The molecule has 0 aliphatic heterocycles. The number of halogens is 2. The van der Waals surface area contributed by atoms with Gasteiger partial charge >= 0.3 is 0 Å². The summed E-state index contributed by atoms with van der Waals surface area (Å²) in [6, 6.07) is 10.7. The summed E-state index contributed by atoms with van der Waals surface area (Å²) in [5.41, 5.74) is 0.869. The molecule has 0 bridgehead atoms. The molecule has 0 spiro atoms. The van der Waals surface area contributed by atoms with Gasteiger partial charge in [-0.3, -0.25) is 0 Å². The molecule has 1 N–H and O–H groups in total. The molecule has 2 aromatic rings. The van der Waals surface area contributed by atoms with Crippen LogP contribution in [0.1, 0.15) is 11.1 Å². The second-order valence-electron chi connectivity index (χ2n) is 3.78. The summed E-state index contributed by atoms with van der Waals surface area (Å²) >= 11 is 5.57. The molecule has 3 nitrogen and oxygen atoms in total. The normalized spacial score (nSPS) is 10.0. The molecule has 0 amide bonds. The van der Waals surface area contributed by atoms with Gasteiger partial charge in [-0.2, -0.15) is 5.26 Å². The number of benzene rings is 2. The Morgan fingerprint density at radius 3 is 2.68 bits per heavy atom. The van der Waals surface area contributed by atoms with E-state index >= 15 is 0 Å². The zero-order chi connectivity index (χ0) is 13.8. The van der Waals surface area contributed by atoms with Crippen LogP contribution in [0.2, 0.25) is 5.02 Å². The molecule has 0 heterocycles. The van der Waals surface area contributed by atoms with E-state index in [4.69, 9.17) is 26.7 Å². The molecule has 0 unspecified atom stereocenters. The number of rotatable bonds is 3. The number of aliphatic hydroxyl groups is 1. The van der Waals surface area contributed by atoms with E-state index in [9.17, 15) is 4.39 Å². The van der Waals surface area contributed by atoms with Crippen LogP contribution in [-0.4, -0.2) is 5.11 Å². The Kier molecular flexibility index (Phi) is 4.00. The van der Waals surface area contributed by atoms with Gasteiger partial charge < -0.3 is 9.84 Å². The Hall–Kier alpha value is -2.09. The molecule has 0 aliphatic carbocycles. The van der Waals surface area contributed by atoms with E-state index in [0.717, 1.165) is 6.07 Å². The van der Waals surface area contributed by atoms with Gasteiger partial charge in [-0.05, 0) is 29.8 Å². The lowest BCUT2D eigenvalue weighted by Crippen LogP contribution is -1.92. The Bertz CT molecular complexity index is 652. The van der Waals surface area contributed by atoms with Gasteiger partial charge in [0.2, 0.25) is 0 Å². The predicted molar refractivity (Wildman–Crippen MR) is 68.6 cm³/mol. The van der Waals surface area contributed by atoms with Crippen LogP contribution < -0.4 is 4.74 Å². The summed E-state index contributed by atoms with van der Waals surface area (Å²) < 4.78 is 18.7. The summed E-state index contributed by atoms with van der Waals surface area (Å²) in [5.74, 6) is -0.0544. The summed E-state index contributed by atoms with van der Waals surface area (Å²) in [6.07, 6.45) is 0. The fourth-order valence-corrected chi connectivity index (χ4v) is 1.64. The van der Waals surface area contributed by atoms with Crippen molar-refractivity contribution in [2.24, 2.45) is 0 Å². The van der Waals surface area contributed by atoms with Crippen LogP contribution in [0, 0.1) is 17.1 Å². The minimum Gasteiger partial charge on any atom is -0.456 e. The highest BCUT2D eigenvalue weighted by molar-refractivity contribution is 6.30. The van der Waals surface area contributed by atoms with Crippen molar-refractivity contribution in [3.05, 3.63) is 58.4 Å². The van der Waals surface area contributed by atoms with Crippen LogP contribution in [0.25, 0.3) is 0 Å². The minimum absolute atomic E-state index is 0.00323. The van der Waals surface area contributed by atoms with Gasteiger partial charge in [0.1, 0.15) is 23.4 Å². The van der Waals surface area contributed by atoms with Gasteiger partial charge in [-0.15, -0.1) is 0 Å². The molecule has 96 valence electrons. The molecule has 0 radical (unpaired) electrons. The van der Waals surface area contributed by atoms with Crippen molar-refractivity contribution in [3.8, 4) is 17.6 Å². The monoisotopic (exact) mass is 277 g/mol. The summed E-state index contributed by atoms with van der Waals surface area (Å²) in [6.45, 7) is -0.162. The molecule has 19 heavy (non-hydrogen) atoms. The maximum atomic E-state index is 13.3. The van der Waals surface area contributed by atoms with E-state index in [1.165, 1.54) is 18.2 Å². The summed E-state index contributed by atoms with van der Waals surface area (Å²) in [5, 5.41) is 18.0. The number of nitriles is 1. The molecule has 0 aliphatic rings. The van der Waals surface area contributed by atoms with Crippen molar-refractivity contribution in [2.45, 2.75) is 6.61 Å². The fraction of sp³-hybridized carbons (Fsp3) is 0.0714.